The van der Waals surface area contributed by atoms with Crippen molar-refractivity contribution in [2.24, 2.45) is 0 Å². The van der Waals surface area contributed by atoms with Crippen LogP contribution >= 0.6 is 0 Å². The number of unbranched alkanes of at least 4 members (excludes halogenated alkanes) is 2. The SMILES string of the molecule is CCCCOCCOOCCCC. The molecule has 3 heteroatoms. The van der Waals surface area contributed by atoms with Gasteiger partial charge in [0, 0.05) is 6.61 Å². The van der Waals surface area contributed by atoms with Gasteiger partial charge in [0.1, 0.15) is 6.61 Å². The minimum atomic E-state index is 0.535. The fourth-order valence-corrected chi connectivity index (χ4v) is 0.763. The van der Waals surface area contributed by atoms with Crippen molar-refractivity contribution in [1.29, 1.82) is 0 Å². The van der Waals surface area contributed by atoms with E-state index in [4.69, 9.17) is 14.5 Å². The summed E-state index contributed by atoms with van der Waals surface area (Å²) < 4.78 is 5.28. The van der Waals surface area contributed by atoms with E-state index in [1.165, 1.54) is 6.42 Å². The van der Waals surface area contributed by atoms with Crippen LogP contribution in [0.4, 0.5) is 0 Å². The average Bonchev–Trinajstić information content (AvgIpc) is 2.16. The minimum Gasteiger partial charge on any atom is -0.379 e. The fourth-order valence-electron chi connectivity index (χ4n) is 0.763. The Labute approximate surface area is 81.3 Å². The van der Waals surface area contributed by atoms with E-state index in [0.717, 1.165) is 25.9 Å². The summed E-state index contributed by atoms with van der Waals surface area (Å²) in [5, 5.41) is 0. The van der Waals surface area contributed by atoms with Gasteiger partial charge in [-0.3, -0.25) is 0 Å². The monoisotopic (exact) mass is 190 g/mol. The van der Waals surface area contributed by atoms with Gasteiger partial charge in [-0.25, -0.2) is 9.78 Å². The molecule has 0 aromatic rings. The lowest BCUT2D eigenvalue weighted by Crippen LogP contribution is -2.06. The van der Waals surface area contributed by atoms with Gasteiger partial charge < -0.3 is 4.74 Å². The van der Waals surface area contributed by atoms with Crippen molar-refractivity contribution in [2.75, 3.05) is 26.4 Å². The molecule has 0 unspecified atom stereocenters. The lowest BCUT2D eigenvalue weighted by Gasteiger charge is -2.04. The quantitative estimate of drug-likeness (QED) is 0.301. The van der Waals surface area contributed by atoms with Crippen LogP contribution in [-0.2, 0) is 14.5 Å². The molecular weight excluding hydrogens is 168 g/mol. The third kappa shape index (κ3) is 11.9. The first-order valence-electron chi connectivity index (χ1n) is 5.24. The number of hydrogen-bond donors (Lipinski definition) is 0. The molecule has 0 rings (SSSR count). The van der Waals surface area contributed by atoms with E-state index in [9.17, 15) is 0 Å². The van der Waals surface area contributed by atoms with Crippen molar-refractivity contribution in [3.05, 3.63) is 0 Å². The van der Waals surface area contributed by atoms with Gasteiger partial charge in [-0.15, -0.1) is 0 Å². The first-order chi connectivity index (χ1) is 6.41. The minimum absolute atomic E-state index is 0.535. The Bertz CT molecular complexity index is 76.2. The topological polar surface area (TPSA) is 27.7 Å². The van der Waals surface area contributed by atoms with E-state index in [-0.39, 0.29) is 0 Å². The first kappa shape index (κ1) is 12.9. The standard InChI is InChI=1S/C10H22O3/c1-3-5-7-11-9-10-13-12-8-6-4-2/h3-10H2,1-2H3. The van der Waals surface area contributed by atoms with Crippen molar-refractivity contribution in [1.82, 2.24) is 0 Å². The second kappa shape index (κ2) is 11.9. The zero-order valence-corrected chi connectivity index (χ0v) is 8.88. The molecule has 0 bridgehead atoms. The summed E-state index contributed by atoms with van der Waals surface area (Å²) in [6.45, 7) is 6.95. The molecule has 0 heterocycles. The Morgan fingerprint density at radius 2 is 1.31 bits per heavy atom. The smallest absolute Gasteiger partial charge is 0.106 e. The fraction of sp³-hybridized carbons (Fsp3) is 1.00. The molecule has 0 atom stereocenters. The molecule has 0 spiro atoms. The maximum absolute atomic E-state index is 5.28. The van der Waals surface area contributed by atoms with Gasteiger partial charge in [-0.1, -0.05) is 26.7 Å². The zero-order valence-electron chi connectivity index (χ0n) is 8.88. The highest BCUT2D eigenvalue weighted by atomic mass is 17.2. The number of rotatable bonds is 10. The largest absolute Gasteiger partial charge is 0.379 e. The van der Waals surface area contributed by atoms with Crippen molar-refractivity contribution in [2.45, 2.75) is 39.5 Å². The molecule has 0 amide bonds. The Balaban J connectivity index is 2.76. The molecule has 0 aromatic carbocycles. The molecular formula is C10H22O3. The number of hydrogen-bond acceptors (Lipinski definition) is 3. The van der Waals surface area contributed by atoms with Gasteiger partial charge in [-0.05, 0) is 12.8 Å². The van der Waals surface area contributed by atoms with Gasteiger partial charge in [-0.2, -0.15) is 0 Å². The van der Waals surface area contributed by atoms with E-state index < -0.39 is 0 Å². The van der Waals surface area contributed by atoms with Crippen LogP contribution in [0.1, 0.15) is 39.5 Å². The van der Waals surface area contributed by atoms with Crippen molar-refractivity contribution in [3.63, 3.8) is 0 Å². The van der Waals surface area contributed by atoms with Gasteiger partial charge in [0.05, 0.1) is 13.2 Å². The van der Waals surface area contributed by atoms with E-state index in [1.54, 1.807) is 0 Å². The first-order valence-corrected chi connectivity index (χ1v) is 5.24. The van der Waals surface area contributed by atoms with Crippen LogP contribution in [0.25, 0.3) is 0 Å². The molecule has 0 aliphatic carbocycles. The second-order valence-corrected chi connectivity index (χ2v) is 2.96. The van der Waals surface area contributed by atoms with Crippen LogP contribution in [0, 0.1) is 0 Å². The van der Waals surface area contributed by atoms with Crippen molar-refractivity contribution in [3.8, 4) is 0 Å². The van der Waals surface area contributed by atoms with E-state index >= 15 is 0 Å². The van der Waals surface area contributed by atoms with Crippen LogP contribution in [0.2, 0.25) is 0 Å². The van der Waals surface area contributed by atoms with E-state index in [0.29, 0.717) is 19.8 Å². The van der Waals surface area contributed by atoms with Crippen LogP contribution in [0.5, 0.6) is 0 Å². The third-order valence-corrected chi connectivity index (χ3v) is 1.62. The Morgan fingerprint density at radius 3 is 2.00 bits per heavy atom. The normalized spacial score (nSPS) is 10.6. The van der Waals surface area contributed by atoms with Crippen molar-refractivity contribution >= 4 is 0 Å². The highest BCUT2D eigenvalue weighted by molar-refractivity contribution is 4.32. The number of ether oxygens (including phenoxy) is 1. The zero-order chi connectivity index (χ0) is 9.78. The highest BCUT2D eigenvalue weighted by Crippen LogP contribution is 1.90. The molecule has 13 heavy (non-hydrogen) atoms. The summed E-state index contributed by atoms with van der Waals surface area (Å²) >= 11 is 0. The molecule has 80 valence electrons. The third-order valence-electron chi connectivity index (χ3n) is 1.62. The summed E-state index contributed by atoms with van der Waals surface area (Å²) in [6.07, 6.45) is 4.48. The maximum Gasteiger partial charge on any atom is 0.106 e. The van der Waals surface area contributed by atoms with Gasteiger partial charge in [0.25, 0.3) is 0 Å². The Kier molecular flexibility index (Phi) is 11.8. The molecule has 3 nitrogen and oxygen atoms in total. The summed E-state index contributed by atoms with van der Waals surface area (Å²) in [4.78, 5) is 9.79. The predicted molar refractivity (Wildman–Crippen MR) is 52.5 cm³/mol. The second-order valence-electron chi connectivity index (χ2n) is 2.96. The van der Waals surface area contributed by atoms with E-state index in [1.807, 2.05) is 0 Å². The predicted octanol–water partition coefficient (Wildman–Crippen LogP) is 2.55. The lowest BCUT2D eigenvalue weighted by atomic mass is 10.4. The van der Waals surface area contributed by atoms with Crippen LogP contribution in [0.3, 0.4) is 0 Å². The van der Waals surface area contributed by atoms with Crippen LogP contribution in [-0.4, -0.2) is 26.4 Å². The van der Waals surface area contributed by atoms with E-state index in [2.05, 4.69) is 13.8 Å². The molecule has 0 radical (unpaired) electrons. The molecule has 0 aromatic heterocycles. The summed E-state index contributed by atoms with van der Waals surface area (Å²) in [6, 6.07) is 0. The summed E-state index contributed by atoms with van der Waals surface area (Å²) in [5.74, 6) is 0. The van der Waals surface area contributed by atoms with Gasteiger partial charge >= 0.3 is 0 Å². The average molecular weight is 190 g/mol. The lowest BCUT2D eigenvalue weighted by molar-refractivity contribution is -0.299. The van der Waals surface area contributed by atoms with Crippen molar-refractivity contribution < 1.29 is 14.5 Å². The Morgan fingerprint density at radius 1 is 0.692 bits per heavy atom. The van der Waals surface area contributed by atoms with Crippen LogP contribution in [0.15, 0.2) is 0 Å². The Hall–Kier alpha value is -0.120. The summed E-state index contributed by atoms with van der Waals surface area (Å²) in [7, 11) is 0. The van der Waals surface area contributed by atoms with Crippen LogP contribution < -0.4 is 0 Å². The summed E-state index contributed by atoms with van der Waals surface area (Å²) in [5.41, 5.74) is 0. The molecule has 0 saturated heterocycles. The molecule has 0 N–H and O–H groups in total. The highest BCUT2D eigenvalue weighted by Gasteiger charge is 1.90. The molecule has 0 saturated carbocycles. The molecule has 0 aliphatic heterocycles. The maximum atomic E-state index is 5.28. The molecule has 0 aliphatic rings. The van der Waals surface area contributed by atoms with Gasteiger partial charge in [0.2, 0.25) is 0 Å². The molecule has 0 fully saturated rings. The van der Waals surface area contributed by atoms with Gasteiger partial charge in [0.15, 0.2) is 0 Å².